The van der Waals surface area contributed by atoms with E-state index in [0.717, 1.165) is 21.7 Å². The molecule has 4 nitrogen and oxygen atoms in total. The minimum Gasteiger partial charge on any atom is -0.493 e. The lowest BCUT2D eigenvalue weighted by molar-refractivity contribution is 0.284. The van der Waals surface area contributed by atoms with Gasteiger partial charge in [0.05, 0.1) is 7.11 Å². The van der Waals surface area contributed by atoms with E-state index in [1.54, 1.807) is 18.9 Å². The molecule has 28 heavy (non-hydrogen) atoms. The average molecular weight is 419 g/mol. The van der Waals surface area contributed by atoms with Gasteiger partial charge in [0.25, 0.3) is 0 Å². The molecule has 0 spiro atoms. The molecule has 6 heteroatoms. The zero-order chi connectivity index (χ0) is 19.4. The van der Waals surface area contributed by atoms with Crippen LogP contribution >= 0.6 is 24.2 Å². The van der Waals surface area contributed by atoms with Gasteiger partial charge in [-0.25, -0.2) is 0 Å². The number of ether oxygens (including phenoxy) is 2. The summed E-state index contributed by atoms with van der Waals surface area (Å²) >= 11 is 1.55. The number of hydrogen-bond acceptors (Lipinski definition) is 5. The van der Waals surface area contributed by atoms with E-state index in [-0.39, 0.29) is 23.3 Å². The van der Waals surface area contributed by atoms with Gasteiger partial charge in [-0.15, -0.1) is 12.4 Å². The van der Waals surface area contributed by atoms with Crippen LogP contribution in [-0.4, -0.2) is 18.3 Å². The number of rotatable bonds is 5. The lowest BCUT2D eigenvalue weighted by Crippen LogP contribution is -2.26. The second-order valence-corrected chi connectivity index (χ2v) is 8.58. The fourth-order valence-electron chi connectivity index (χ4n) is 2.73. The van der Waals surface area contributed by atoms with Gasteiger partial charge in [-0.1, -0.05) is 62.9 Å². The van der Waals surface area contributed by atoms with E-state index in [1.807, 2.05) is 48.5 Å². The monoisotopic (exact) mass is 418 g/mol. The van der Waals surface area contributed by atoms with Crippen molar-refractivity contribution in [2.75, 3.05) is 7.11 Å². The molecular formula is C22H27ClN2O2S. The van der Waals surface area contributed by atoms with Crippen molar-refractivity contribution in [3.8, 4) is 11.5 Å². The number of hydrogen-bond donors (Lipinski definition) is 1. The highest BCUT2D eigenvalue weighted by Gasteiger charge is 2.24. The highest BCUT2D eigenvalue weighted by Crippen LogP contribution is 2.39. The Labute approximate surface area is 177 Å². The van der Waals surface area contributed by atoms with Gasteiger partial charge in [-0.3, -0.25) is 4.99 Å². The molecule has 0 fully saturated rings. The standard InChI is InChI=1S/C22H26N2O2S.ClH/c1-22(2,3)20-13-19(27-21(23)24-20)16-10-11-17(25-4)18(12-16)26-14-15-8-6-5-7-9-15;/h5-13,21H,14,23H2,1-4H3;1H. The van der Waals surface area contributed by atoms with E-state index in [2.05, 4.69) is 31.8 Å². The molecule has 0 radical (unpaired) electrons. The summed E-state index contributed by atoms with van der Waals surface area (Å²) < 4.78 is 11.5. The highest BCUT2D eigenvalue weighted by atomic mass is 35.5. The van der Waals surface area contributed by atoms with E-state index < -0.39 is 0 Å². The van der Waals surface area contributed by atoms with E-state index >= 15 is 0 Å². The molecule has 2 aromatic carbocycles. The maximum atomic E-state index is 6.16. The molecule has 0 aliphatic carbocycles. The Morgan fingerprint density at radius 2 is 1.79 bits per heavy atom. The Balaban J connectivity index is 0.00000280. The van der Waals surface area contributed by atoms with Gasteiger partial charge in [-0.05, 0) is 35.4 Å². The molecule has 2 aromatic rings. The van der Waals surface area contributed by atoms with E-state index in [9.17, 15) is 0 Å². The van der Waals surface area contributed by atoms with Crippen LogP contribution < -0.4 is 15.2 Å². The Kier molecular flexibility index (Phi) is 7.58. The normalized spacial score (nSPS) is 16.5. The highest BCUT2D eigenvalue weighted by molar-refractivity contribution is 8.08. The van der Waals surface area contributed by atoms with Crippen LogP contribution in [0.25, 0.3) is 4.91 Å². The van der Waals surface area contributed by atoms with Crippen LogP contribution in [0.15, 0.2) is 59.6 Å². The quantitative estimate of drug-likeness (QED) is 0.695. The summed E-state index contributed by atoms with van der Waals surface area (Å²) in [6, 6.07) is 16.1. The second-order valence-electron chi connectivity index (χ2n) is 7.42. The van der Waals surface area contributed by atoms with E-state index in [4.69, 9.17) is 15.2 Å². The maximum absolute atomic E-state index is 6.16. The zero-order valence-corrected chi connectivity index (χ0v) is 18.3. The van der Waals surface area contributed by atoms with Crippen LogP contribution in [0, 0.1) is 5.41 Å². The molecule has 1 aliphatic rings. The van der Waals surface area contributed by atoms with Crippen molar-refractivity contribution in [2.45, 2.75) is 32.9 Å². The lowest BCUT2D eigenvalue weighted by Gasteiger charge is -2.26. The number of benzene rings is 2. The van der Waals surface area contributed by atoms with Crippen molar-refractivity contribution in [3.63, 3.8) is 0 Å². The molecular weight excluding hydrogens is 392 g/mol. The van der Waals surface area contributed by atoms with E-state index in [0.29, 0.717) is 18.1 Å². The Morgan fingerprint density at radius 3 is 2.43 bits per heavy atom. The Hall–Kier alpha value is -1.95. The number of halogens is 1. The van der Waals surface area contributed by atoms with Crippen LogP contribution in [0.5, 0.6) is 11.5 Å². The van der Waals surface area contributed by atoms with Crippen LogP contribution in [0.2, 0.25) is 0 Å². The fraction of sp³-hybridized carbons (Fsp3) is 0.318. The number of aliphatic imine (C=N–C) groups is 1. The molecule has 0 aromatic heterocycles. The summed E-state index contributed by atoms with van der Waals surface area (Å²) in [5, 5.41) is 0. The van der Waals surface area contributed by atoms with Gasteiger partial charge in [-0.2, -0.15) is 0 Å². The van der Waals surface area contributed by atoms with Crippen molar-refractivity contribution < 1.29 is 9.47 Å². The van der Waals surface area contributed by atoms with E-state index in [1.165, 1.54) is 0 Å². The van der Waals surface area contributed by atoms with Gasteiger partial charge in [0.15, 0.2) is 11.5 Å². The van der Waals surface area contributed by atoms with Crippen molar-refractivity contribution in [3.05, 3.63) is 65.7 Å². The number of thioether (sulfide) groups is 1. The first-order chi connectivity index (χ1) is 12.9. The van der Waals surface area contributed by atoms with Gasteiger partial charge >= 0.3 is 0 Å². The minimum absolute atomic E-state index is 0. The number of nitrogens with zero attached hydrogens (tertiary/aromatic N) is 1. The molecule has 1 atom stereocenters. The third-order valence-electron chi connectivity index (χ3n) is 4.24. The second kappa shape index (κ2) is 9.50. The number of allylic oxidation sites excluding steroid dienone is 1. The largest absolute Gasteiger partial charge is 0.493 e. The first-order valence-corrected chi connectivity index (χ1v) is 9.82. The van der Waals surface area contributed by atoms with Crippen molar-refractivity contribution in [2.24, 2.45) is 16.1 Å². The molecule has 0 saturated carbocycles. The van der Waals surface area contributed by atoms with Gasteiger partial charge in [0.1, 0.15) is 12.1 Å². The Bertz CT molecular complexity index is 861. The number of methoxy groups -OCH3 is 1. The summed E-state index contributed by atoms with van der Waals surface area (Å²) in [6.07, 6.45) is 2.12. The smallest absolute Gasteiger partial charge is 0.162 e. The summed E-state index contributed by atoms with van der Waals surface area (Å²) in [7, 11) is 1.65. The van der Waals surface area contributed by atoms with Crippen molar-refractivity contribution >= 4 is 34.8 Å². The molecule has 0 amide bonds. The zero-order valence-electron chi connectivity index (χ0n) is 16.6. The first-order valence-electron chi connectivity index (χ1n) is 8.94. The SMILES string of the molecule is COc1ccc(C2=CC(C(C)(C)C)=NC(N)S2)cc1OCc1ccccc1.Cl. The third-order valence-corrected chi connectivity index (χ3v) is 5.19. The maximum Gasteiger partial charge on any atom is 0.162 e. The molecule has 2 N–H and O–H groups in total. The molecule has 1 unspecified atom stereocenters. The van der Waals surface area contributed by atoms with Gasteiger partial charge in [0, 0.05) is 16.0 Å². The molecule has 1 heterocycles. The Morgan fingerprint density at radius 1 is 1.07 bits per heavy atom. The molecule has 3 rings (SSSR count). The van der Waals surface area contributed by atoms with Crippen LogP contribution in [0.3, 0.4) is 0 Å². The molecule has 1 aliphatic heterocycles. The summed E-state index contributed by atoms with van der Waals surface area (Å²) in [5.41, 5.74) is 8.98. The van der Waals surface area contributed by atoms with Gasteiger partial charge in [0.2, 0.25) is 0 Å². The van der Waals surface area contributed by atoms with Crippen LogP contribution in [0.1, 0.15) is 31.9 Å². The number of nitrogens with two attached hydrogens (primary N) is 1. The van der Waals surface area contributed by atoms with Gasteiger partial charge < -0.3 is 15.2 Å². The molecule has 150 valence electrons. The topological polar surface area (TPSA) is 56.8 Å². The van der Waals surface area contributed by atoms with Crippen molar-refractivity contribution in [1.82, 2.24) is 0 Å². The minimum atomic E-state index is -0.296. The fourth-order valence-corrected chi connectivity index (χ4v) is 3.60. The third kappa shape index (κ3) is 5.53. The summed E-state index contributed by atoms with van der Waals surface area (Å²) in [5.74, 6) is 1.43. The average Bonchev–Trinajstić information content (AvgIpc) is 2.65. The molecule has 0 saturated heterocycles. The first kappa shape index (κ1) is 22.3. The van der Waals surface area contributed by atoms with Crippen molar-refractivity contribution in [1.29, 1.82) is 0 Å². The van der Waals surface area contributed by atoms with Crippen LogP contribution in [0.4, 0.5) is 0 Å². The predicted molar refractivity (Wildman–Crippen MR) is 121 cm³/mol. The van der Waals surface area contributed by atoms with Crippen LogP contribution in [-0.2, 0) is 6.61 Å². The molecule has 0 bridgehead atoms. The summed E-state index contributed by atoms with van der Waals surface area (Å²) in [4.78, 5) is 5.68. The lowest BCUT2D eigenvalue weighted by atomic mass is 9.89. The predicted octanol–water partition coefficient (Wildman–Crippen LogP) is 5.51. The summed E-state index contributed by atoms with van der Waals surface area (Å²) in [6.45, 7) is 6.92.